The Kier molecular flexibility index (Phi) is 3.11. The fourth-order valence-electron chi connectivity index (χ4n) is 5.32. The van der Waals surface area contributed by atoms with E-state index in [0.29, 0.717) is 41.5 Å². The lowest BCUT2D eigenvalue weighted by atomic mass is 9.39. The zero-order chi connectivity index (χ0) is 20.9. The molecule has 1 aromatic carbocycles. The quantitative estimate of drug-likeness (QED) is 0.522. The number of carbonyl (C=O) groups is 1. The minimum atomic E-state index is -3.92. The number of carboxylic acids is 1. The standard InChI is InChI=1S/C21H18N4O4S/c1-12-4-2-3-5-15(12)30(28,29)19-24-14-8-23-17-13(6-7-22-17)16(14)25(19)21-9-20(10-21,11-21)18(26)27/h2-8H,9-11H2,1H3,(H,22,23)(H,26,27). The second-order valence-corrected chi connectivity index (χ2v) is 10.4. The van der Waals surface area contributed by atoms with Gasteiger partial charge < -0.3 is 14.7 Å². The number of carboxylic acid groups (broad SMARTS) is 1. The van der Waals surface area contributed by atoms with Crippen molar-refractivity contribution < 1.29 is 18.3 Å². The van der Waals surface area contributed by atoms with E-state index in [9.17, 15) is 18.3 Å². The first-order chi connectivity index (χ1) is 14.3. The summed E-state index contributed by atoms with van der Waals surface area (Å²) in [7, 11) is -3.92. The number of sulfone groups is 1. The summed E-state index contributed by atoms with van der Waals surface area (Å²) in [6.45, 7) is 1.76. The van der Waals surface area contributed by atoms with E-state index < -0.39 is 26.8 Å². The first kappa shape index (κ1) is 17.6. The number of H-pyrrole nitrogens is 1. The van der Waals surface area contributed by atoms with Gasteiger partial charge in [0.25, 0.3) is 0 Å². The van der Waals surface area contributed by atoms with Crippen LogP contribution in [0.2, 0.25) is 0 Å². The summed E-state index contributed by atoms with van der Waals surface area (Å²) in [6.07, 6.45) is 4.55. The number of aryl methyl sites for hydroxylation is 1. The van der Waals surface area contributed by atoms with Crippen LogP contribution >= 0.6 is 0 Å². The van der Waals surface area contributed by atoms with Crippen LogP contribution in [-0.4, -0.2) is 39.0 Å². The number of pyridine rings is 1. The molecule has 3 heterocycles. The molecule has 4 aromatic rings. The van der Waals surface area contributed by atoms with Crippen LogP contribution in [-0.2, 0) is 20.2 Å². The predicted molar refractivity (Wildman–Crippen MR) is 108 cm³/mol. The summed E-state index contributed by atoms with van der Waals surface area (Å²) in [6, 6.07) is 8.68. The molecule has 3 aromatic heterocycles. The highest BCUT2D eigenvalue weighted by Crippen LogP contribution is 2.72. The van der Waals surface area contributed by atoms with Crippen molar-refractivity contribution in [2.45, 2.75) is 41.8 Å². The molecule has 3 saturated carbocycles. The molecule has 0 spiro atoms. The number of nitrogens with zero attached hydrogens (tertiary/aromatic N) is 3. The third-order valence-electron chi connectivity index (χ3n) is 6.72. The van der Waals surface area contributed by atoms with Crippen LogP contribution in [0, 0.1) is 12.3 Å². The highest BCUT2D eigenvalue weighted by atomic mass is 32.2. The molecule has 0 saturated heterocycles. The average Bonchev–Trinajstić information content (AvgIpc) is 3.24. The molecular formula is C21H18N4O4S. The van der Waals surface area contributed by atoms with Crippen LogP contribution in [0.3, 0.4) is 0 Å². The van der Waals surface area contributed by atoms with Gasteiger partial charge in [-0.2, -0.15) is 0 Å². The fourth-order valence-corrected chi connectivity index (χ4v) is 7.01. The summed E-state index contributed by atoms with van der Waals surface area (Å²) in [4.78, 5) is 23.8. The molecule has 2 N–H and O–H groups in total. The molecule has 0 amide bonds. The maximum Gasteiger partial charge on any atom is 0.309 e. The van der Waals surface area contributed by atoms with Crippen LogP contribution in [0.5, 0.6) is 0 Å². The van der Waals surface area contributed by atoms with Gasteiger partial charge in [-0.1, -0.05) is 18.2 Å². The van der Waals surface area contributed by atoms with Crippen LogP contribution < -0.4 is 0 Å². The Morgan fingerprint density at radius 2 is 1.93 bits per heavy atom. The van der Waals surface area contributed by atoms with Crippen LogP contribution in [0.15, 0.2) is 52.8 Å². The molecule has 152 valence electrons. The second-order valence-electron chi connectivity index (χ2n) is 8.57. The SMILES string of the molecule is Cc1ccccc1S(=O)(=O)c1nc2cnc3[nH]ccc3c2n1C12CC(C(=O)O)(C1)C2. The predicted octanol–water partition coefficient (Wildman–Crippen LogP) is 3.02. The third-order valence-corrected chi connectivity index (χ3v) is 8.52. The van der Waals surface area contributed by atoms with Crippen molar-refractivity contribution in [3.05, 3.63) is 48.3 Å². The molecule has 3 aliphatic carbocycles. The molecule has 0 atom stereocenters. The fraction of sp³-hybridized carbons (Fsp3) is 0.286. The zero-order valence-corrected chi connectivity index (χ0v) is 16.9. The van der Waals surface area contributed by atoms with Gasteiger partial charge in [-0.05, 0) is 43.9 Å². The van der Waals surface area contributed by atoms with Crippen molar-refractivity contribution in [2.24, 2.45) is 5.41 Å². The number of nitrogens with one attached hydrogen (secondary N) is 1. The molecule has 30 heavy (non-hydrogen) atoms. The molecule has 0 unspecified atom stereocenters. The van der Waals surface area contributed by atoms with Crippen molar-refractivity contribution in [3.8, 4) is 0 Å². The number of hydrogen-bond acceptors (Lipinski definition) is 5. The lowest BCUT2D eigenvalue weighted by Gasteiger charge is -2.68. The summed E-state index contributed by atoms with van der Waals surface area (Å²) in [5.41, 5.74) is 1.16. The van der Waals surface area contributed by atoms with E-state index in [0.717, 1.165) is 5.39 Å². The Morgan fingerprint density at radius 1 is 1.20 bits per heavy atom. The zero-order valence-electron chi connectivity index (χ0n) is 16.1. The number of hydrogen-bond donors (Lipinski definition) is 2. The van der Waals surface area contributed by atoms with E-state index in [1.165, 1.54) is 0 Å². The summed E-state index contributed by atoms with van der Waals surface area (Å²) >= 11 is 0. The van der Waals surface area contributed by atoms with Gasteiger partial charge in [0.05, 0.1) is 27.6 Å². The Bertz CT molecular complexity index is 1480. The molecular weight excluding hydrogens is 404 g/mol. The average molecular weight is 422 g/mol. The van der Waals surface area contributed by atoms with Gasteiger partial charge in [0.1, 0.15) is 11.2 Å². The first-order valence-corrected chi connectivity index (χ1v) is 11.2. The molecule has 3 aliphatic rings. The van der Waals surface area contributed by atoms with E-state index in [2.05, 4.69) is 15.0 Å². The number of rotatable bonds is 4. The van der Waals surface area contributed by atoms with Gasteiger partial charge >= 0.3 is 5.97 Å². The molecule has 0 radical (unpaired) electrons. The first-order valence-electron chi connectivity index (χ1n) is 9.67. The molecule has 8 nitrogen and oxygen atoms in total. The Morgan fingerprint density at radius 3 is 2.63 bits per heavy atom. The Balaban J connectivity index is 1.66. The number of fused-ring (bicyclic) bond motifs is 3. The van der Waals surface area contributed by atoms with Crippen molar-refractivity contribution in [2.75, 3.05) is 0 Å². The van der Waals surface area contributed by atoms with Crippen LogP contribution in [0.1, 0.15) is 24.8 Å². The lowest BCUT2D eigenvalue weighted by Crippen LogP contribution is -2.70. The van der Waals surface area contributed by atoms with Gasteiger partial charge in [-0.3, -0.25) is 4.79 Å². The van der Waals surface area contributed by atoms with Gasteiger partial charge in [-0.15, -0.1) is 0 Å². The minimum Gasteiger partial charge on any atom is -0.481 e. The van der Waals surface area contributed by atoms with Gasteiger partial charge in [0.15, 0.2) is 0 Å². The number of aliphatic carboxylic acids is 1. The summed E-state index contributed by atoms with van der Waals surface area (Å²) in [5.74, 6) is -0.814. The monoisotopic (exact) mass is 422 g/mol. The second kappa shape index (κ2) is 5.28. The van der Waals surface area contributed by atoms with Crippen molar-refractivity contribution in [3.63, 3.8) is 0 Å². The van der Waals surface area contributed by atoms with E-state index in [4.69, 9.17) is 0 Å². The van der Waals surface area contributed by atoms with Crippen LogP contribution in [0.25, 0.3) is 22.1 Å². The number of imidazole rings is 1. The summed E-state index contributed by atoms with van der Waals surface area (Å²) in [5, 5.41) is 10.3. The van der Waals surface area contributed by atoms with E-state index in [1.54, 1.807) is 48.1 Å². The van der Waals surface area contributed by atoms with Crippen LogP contribution in [0.4, 0.5) is 0 Å². The lowest BCUT2D eigenvalue weighted by molar-refractivity contribution is -0.214. The normalized spacial score (nSPS) is 25.2. The highest BCUT2D eigenvalue weighted by molar-refractivity contribution is 7.91. The third kappa shape index (κ3) is 1.95. The maximum absolute atomic E-state index is 13.7. The van der Waals surface area contributed by atoms with Gasteiger partial charge in [0, 0.05) is 11.6 Å². The van der Waals surface area contributed by atoms with E-state index >= 15 is 0 Å². The highest BCUT2D eigenvalue weighted by Gasteiger charge is 2.74. The molecule has 7 rings (SSSR count). The van der Waals surface area contributed by atoms with Crippen molar-refractivity contribution >= 4 is 37.9 Å². The minimum absolute atomic E-state index is 0.0408. The smallest absolute Gasteiger partial charge is 0.309 e. The molecule has 3 fully saturated rings. The summed E-state index contributed by atoms with van der Waals surface area (Å²) < 4.78 is 29.2. The molecule has 0 aliphatic heterocycles. The Hall–Kier alpha value is -3.20. The number of benzene rings is 1. The molecule has 9 heteroatoms. The Labute approximate surface area is 171 Å². The number of aromatic amines is 1. The van der Waals surface area contributed by atoms with E-state index in [1.807, 2.05) is 6.07 Å². The van der Waals surface area contributed by atoms with Gasteiger partial charge in [-0.25, -0.2) is 18.4 Å². The van der Waals surface area contributed by atoms with Gasteiger partial charge in [0.2, 0.25) is 15.0 Å². The number of aromatic nitrogens is 4. The molecule has 2 bridgehead atoms. The van der Waals surface area contributed by atoms with E-state index in [-0.39, 0.29) is 10.1 Å². The van der Waals surface area contributed by atoms with Crippen molar-refractivity contribution in [1.29, 1.82) is 0 Å². The van der Waals surface area contributed by atoms with Crippen molar-refractivity contribution in [1.82, 2.24) is 19.5 Å². The largest absolute Gasteiger partial charge is 0.481 e. The maximum atomic E-state index is 13.7. The topological polar surface area (TPSA) is 118 Å².